The number of halogens is 1. The number of imidazole rings is 1. The summed E-state index contributed by atoms with van der Waals surface area (Å²) in [6, 6.07) is 9.04. The summed E-state index contributed by atoms with van der Waals surface area (Å²) >= 11 is 0. The molecule has 0 aliphatic carbocycles. The summed E-state index contributed by atoms with van der Waals surface area (Å²) in [6.45, 7) is 0.944. The predicted molar refractivity (Wildman–Crippen MR) is 141 cm³/mol. The molecule has 0 atom stereocenters. The van der Waals surface area contributed by atoms with E-state index in [1.54, 1.807) is 29.3 Å². The molecule has 37 heavy (non-hydrogen) atoms. The quantitative estimate of drug-likeness (QED) is 0.336. The van der Waals surface area contributed by atoms with Gasteiger partial charge in [-0.2, -0.15) is 10.2 Å². The first-order valence-electron chi connectivity index (χ1n) is 12.1. The molecular weight excluding hydrogens is 469 g/mol. The average Bonchev–Trinajstić information content (AvgIpc) is 3.60. The fourth-order valence-corrected chi connectivity index (χ4v) is 4.58. The maximum absolute atomic E-state index is 14.6. The van der Waals surface area contributed by atoms with Crippen molar-refractivity contribution in [1.29, 1.82) is 0 Å². The van der Waals surface area contributed by atoms with E-state index in [0.29, 0.717) is 22.6 Å². The van der Waals surface area contributed by atoms with Crippen LogP contribution in [0.5, 0.6) is 0 Å². The second-order valence-electron chi connectivity index (χ2n) is 9.49. The molecule has 1 aromatic carbocycles. The fraction of sp³-hybridized carbons (Fsp3) is 0.222. The minimum atomic E-state index is -0.268. The SMILES string of the molecule is CN(C)CCCc1cc(F)cc(-c2cncc3[nH]c(-c4n[nH]c5ccc(-c6cnn(C)c6)nc45)nc23)c1. The number of nitrogens with zero attached hydrogens (tertiary/aromatic N) is 7. The van der Waals surface area contributed by atoms with E-state index in [1.165, 1.54) is 6.07 Å². The largest absolute Gasteiger partial charge is 0.335 e. The second kappa shape index (κ2) is 9.21. The summed E-state index contributed by atoms with van der Waals surface area (Å²) in [6.07, 6.45) is 8.89. The number of benzene rings is 1. The number of rotatable bonds is 7. The predicted octanol–water partition coefficient (Wildman–Crippen LogP) is 4.60. The summed E-state index contributed by atoms with van der Waals surface area (Å²) in [7, 11) is 5.95. The van der Waals surface area contributed by atoms with Crippen LogP contribution in [0, 0.1) is 5.82 Å². The van der Waals surface area contributed by atoms with Crippen LogP contribution in [0.1, 0.15) is 12.0 Å². The maximum atomic E-state index is 14.6. The molecule has 5 aromatic heterocycles. The van der Waals surface area contributed by atoms with Crippen LogP contribution in [-0.2, 0) is 13.5 Å². The Morgan fingerprint density at radius 3 is 2.68 bits per heavy atom. The maximum Gasteiger partial charge on any atom is 0.161 e. The number of aryl methyl sites for hydroxylation is 2. The second-order valence-corrected chi connectivity index (χ2v) is 9.49. The highest BCUT2D eigenvalue weighted by atomic mass is 19.1. The van der Waals surface area contributed by atoms with Crippen LogP contribution >= 0.6 is 0 Å². The molecule has 0 aliphatic heterocycles. The molecule has 10 heteroatoms. The van der Waals surface area contributed by atoms with E-state index in [0.717, 1.165) is 58.4 Å². The minimum absolute atomic E-state index is 0.268. The van der Waals surface area contributed by atoms with Gasteiger partial charge in [-0.3, -0.25) is 14.8 Å². The molecule has 0 fully saturated rings. The summed E-state index contributed by atoms with van der Waals surface area (Å²) in [4.78, 5) is 19.6. The van der Waals surface area contributed by atoms with Crippen molar-refractivity contribution in [3.8, 4) is 33.9 Å². The molecule has 0 saturated carbocycles. The lowest BCUT2D eigenvalue weighted by atomic mass is 10.0. The number of aromatic nitrogens is 8. The van der Waals surface area contributed by atoms with E-state index in [1.807, 2.05) is 45.5 Å². The van der Waals surface area contributed by atoms with Crippen molar-refractivity contribution in [3.05, 3.63) is 66.5 Å². The number of fused-ring (bicyclic) bond motifs is 2. The van der Waals surface area contributed by atoms with Crippen LogP contribution < -0.4 is 0 Å². The highest BCUT2D eigenvalue weighted by Crippen LogP contribution is 2.32. The van der Waals surface area contributed by atoms with E-state index < -0.39 is 0 Å². The molecule has 0 aliphatic rings. The first-order valence-corrected chi connectivity index (χ1v) is 12.1. The van der Waals surface area contributed by atoms with E-state index in [-0.39, 0.29) is 5.82 Å². The third kappa shape index (κ3) is 4.47. The molecule has 6 aromatic rings. The standard InChI is InChI=1S/C27H26FN9/c1-36(2)8-4-5-16-9-17(11-19(28)10-16)20-13-29-14-23-24(20)33-27(32-23)26-25-22(34-35-26)7-6-21(31-25)18-12-30-37(3)15-18/h6-7,9-15H,4-5,8H2,1-3H3,(H,32,33)(H,34,35). The van der Waals surface area contributed by atoms with Crippen molar-refractivity contribution in [2.45, 2.75) is 12.8 Å². The molecule has 5 heterocycles. The zero-order valence-corrected chi connectivity index (χ0v) is 20.8. The average molecular weight is 496 g/mol. The molecule has 9 nitrogen and oxygen atoms in total. The number of pyridine rings is 2. The van der Waals surface area contributed by atoms with Gasteiger partial charge in [-0.25, -0.2) is 14.4 Å². The van der Waals surface area contributed by atoms with Crippen molar-refractivity contribution >= 4 is 22.1 Å². The number of aromatic amines is 2. The Hall–Kier alpha value is -4.44. The Morgan fingerprint density at radius 1 is 0.973 bits per heavy atom. The summed E-state index contributed by atoms with van der Waals surface area (Å²) < 4.78 is 16.3. The van der Waals surface area contributed by atoms with Crippen LogP contribution in [0.4, 0.5) is 4.39 Å². The minimum Gasteiger partial charge on any atom is -0.335 e. The number of hydrogen-bond donors (Lipinski definition) is 2. The van der Waals surface area contributed by atoms with Gasteiger partial charge in [0.1, 0.15) is 11.3 Å². The van der Waals surface area contributed by atoms with Gasteiger partial charge in [0.25, 0.3) is 0 Å². The van der Waals surface area contributed by atoms with Gasteiger partial charge in [-0.1, -0.05) is 6.07 Å². The van der Waals surface area contributed by atoms with Crippen LogP contribution in [0.2, 0.25) is 0 Å². The zero-order chi connectivity index (χ0) is 25.5. The third-order valence-corrected chi connectivity index (χ3v) is 6.37. The molecule has 0 spiro atoms. The van der Waals surface area contributed by atoms with E-state index in [4.69, 9.17) is 9.97 Å². The van der Waals surface area contributed by atoms with Crippen molar-refractivity contribution < 1.29 is 4.39 Å². The fourth-order valence-electron chi connectivity index (χ4n) is 4.58. The zero-order valence-electron chi connectivity index (χ0n) is 20.8. The van der Waals surface area contributed by atoms with Gasteiger partial charge in [-0.05, 0) is 68.9 Å². The van der Waals surface area contributed by atoms with Gasteiger partial charge in [0, 0.05) is 30.6 Å². The third-order valence-electron chi connectivity index (χ3n) is 6.37. The molecule has 0 unspecified atom stereocenters. The van der Waals surface area contributed by atoms with Gasteiger partial charge < -0.3 is 9.88 Å². The molecule has 0 saturated heterocycles. The molecule has 6 rings (SSSR count). The van der Waals surface area contributed by atoms with Crippen molar-refractivity contribution in [1.82, 2.24) is 44.8 Å². The van der Waals surface area contributed by atoms with Crippen molar-refractivity contribution in [2.75, 3.05) is 20.6 Å². The Labute approximate surface area is 212 Å². The Kier molecular flexibility index (Phi) is 5.72. The lowest BCUT2D eigenvalue weighted by Crippen LogP contribution is -2.13. The van der Waals surface area contributed by atoms with Crippen LogP contribution in [0.25, 0.3) is 56.0 Å². The van der Waals surface area contributed by atoms with Gasteiger partial charge >= 0.3 is 0 Å². The molecule has 186 valence electrons. The first-order chi connectivity index (χ1) is 17.9. The summed E-state index contributed by atoms with van der Waals surface area (Å²) in [5.74, 6) is 0.296. The van der Waals surface area contributed by atoms with Crippen molar-refractivity contribution in [3.63, 3.8) is 0 Å². The van der Waals surface area contributed by atoms with E-state index in [9.17, 15) is 4.39 Å². The smallest absolute Gasteiger partial charge is 0.161 e. The van der Waals surface area contributed by atoms with Crippen LogP contribution in [-0.4, -0.2) is 65.5 Å². The monoisotopic (exact) mass is 495 g/mol. The lowest BCUT2D eigenvalue weighted by molar-refractivity contribution is 0.400. The van der Waals surface area contributed by atoms with E-state index >= 15 is 0 Å². The molecule has 0 radical (unpaired) electrons. The summed E-state index contributed by atoms with van der Waals surface area (Å²) in [5, 5.41) is 11.8. The Morgan fingerprint density at radius 2 is 1.86 bits per heavy atom. The lowest BCUT2D eigenvalue weighted by Gasteiger charge is -2.10. The summed E-state index contributed by atoms with van der Waals surface area (Å²) in [5.41, 5.74) is 7.72. The Balaban J connectivity index is 1.40. The molecule has 0 amide bonds. The van der Waals surface area contributed by atoms with Crippen LogP contribution in [0.15, 0.2) is 55.1 Å². The molecule has 0 bridgehead atoms. The highest BCUT2D eigenvalue weighted by Gasteiger charge is 2.18. The highest BCUT2D eigenvalue weighted by molar-refractivity contribution is 5.95. The first kappa shape index (κ1) is 23.0. The Bertz CT molecular complexity index is 1730. The normalized spacial score (nSPS) is 11.8. The van der Waals surface area contributed by atoms with Crippen molar-refractivity contribution in [2.24, 2.45) is 7.05 Å². The van der Waals surface area contributed by atoms with Gasteiger partial charge in [0.15, 0.2) is 11.5 Å². The van der Waals surface area contributed by atoms with Gasteiger partial charge in [0.05, 0.1) is 34.6 Å². The molecule has 2 N–H and O–H groups in total. The molecular formula is C27H26FN9. The van der Waals surface area contributed by atoms with Gasteiger partial charge in [0.2, 0.25) is 0 Å². The topological polar surface area (TPSA) is 104 Å². The van der Waals surface area contributed by atoms with E-state index in [2.05, 4.69) is 30.2 Å². The van der Waals surface area contributed by atoms with Crippen LogP contribution in [0.3, 0.4) is 0 Å². The number of H-pyrrole nitrogens is 2. The van der Waals surface area contributed by atoms with Gasteiger partial charge in [-0.15, -0.1) is 0 Å². The number of hydrogen-bond acceptors (Lipinski definition) is 6. The number of nitrogens with one attached hydrogen (secondary N) is 2.